The van der Waals surface area contributed by atoms with Gasteiger partial charge in [0.05, 0.1) is 18.2 Å². The van der Waals surface area contributed by atoms with Crippen molar-refractivity contribution in [3.8, 4) is 0 Å². The molecule has 2 aromatic rings. The summed E-state index contributed by atoms with van der Waals surface area (Å²) in [5.74, 6) is -1.14. The summed E-state index contributed by atoms with van der Waals surface area (Å²) in [6.45, 7) is 10.4. The van der Waals surface area contributed by atoms with Gasteiger partial charge in [0.15, 0.2) is 0 Å². The summed E-state index contributed by atoms with van der Waals surface area (Å²) in [7, 11) is 0. The van der Waals surface area contributed by atoms with Gasteiger partial charge in [-0.25, -0.2) is 14.0 Å². The van der Waals surface area contributed by atoms with Gasteiger partial charge in [-0.15, -0.1) is 6.58 Å². The molecule has 0 spiro atoms. The van der Waals surface area contributed by atoms with Crippen LogP contribution < -0.4 is 5.32 Å². The minimum absolute atomic E-state index is 0.201. The lowest BCUT2D eigenvalue weighted by molar-refractivity contribution is -0.139. The van der Waals surface area contributed by atoms with E-state index in [9.17, 15) is 18.8 Å². The number of nitrogens with zero attached hydrogens (tertiary/aromatic N) is 3. The number of hydrogen-bond donors (Lipinski definition) is 1. The van der Waals surface area contributed by atoms with Crippen molar-refractivity contribution in [3.63, 3.8) is 0 Å². The topological polar surface area (TPSA) is 82.2 Å². The zero-order valence-electron chi connectivity index (χ0n) is 22.5. The molecule has 206 valence electrons. The fourth-order valence-corrected chi connectivity index (χ4v) is 5.09. The largest absolute Gasteiger partial charge is 0.463 e. The first kappa shape index (κ1) is 28.0. The number of ether oxygens (including phenoxy) is 1. The van der Waals surface area contributed by atoms with Crippen LogP contribution >= 0.6 is 0 Å². The highest BCUT2D eigenvalue weighted by Crippen LogP contribution is 2.32. The maximum atomic E-state index is 13.7. The van der Waals surface area contributed by atoms with Gasteiger partial charge < -0.3 is 15.0 Å². The van der Waals surface area contributed by atoms with Crippen LogP contribution in [-0.4, -0.2) is 78.5 Å². The average molecular weight is 535 g/mol. The monoisotopic (exact) mass is 534 g/mol. The maximum Gasteiger partial charge on any atom is 0.338 e. The number of hydrogen-bond acceptors (Lipinski definition) is 5. The third-order valence-corrected chi connectivity index (χ3v) is 6.94. The summed E-state index contributed by atoms with van der Waals surface area (Å²) < 4.78 is 19.2. The van der Waals surface area contributed by atoms with Crippen molar-refractivity contribution in [1.82, 2.24) is 20.0 Å². The van der Waals surface area contributed by atoms with Crippen LogP contribution in [0.1, 0.15) is 40.9 Å². The predicted octanol–water partition coefficient (Wildman–Crippen LogP) is 4.05. The molecule has 1 unspecified atom stereocenters. The third-order valence-electron chi connectivity index (χ3n) is 6.94. The molecule has 0 radical (unpaired) electrons. The summed E-state index contributed by atoms with van der Waals surface area (Å²) in [6, 6.07) is 12.4. The first-order valence-electron chi connectivity index (χ1n) is 13.2. The number of benzene rings is 2. The second kappa shape index (κ2) is 12.7. The first-order valence-corrected chi connectivity index (χ1v) is 13.2. The number of aryl methyl sites for hydroxylation is 1. The van der Waals surface area contributed by atoms with E-state index < -0.39 is 17.8 Å². The second-order valence-corrected chi connectivity index (χ2v) is 9.71. The smallest absolute Gasteiger partial charge is 0.338 e. The molecule has 2 aliphatic rings. The van der Waals surface area contributed by atoms with E-state index in [2.05, 4.69) is 16.8 Å². The van der Waals surface area contributed by atoms with Gasteiger partial charge in [-0.05, 0) is 44.0 Å². The number of rotatable bonds is 8. The fourth-order valence-electron chi connectivity index (χ4n) is 5.09. The summed E-state index contributed by atoms with van der Waals surface area (Å²) in [4.78, 5) is 45.1. The van der Waals surface area contributed by atoms with Crippen LogP contribution in [0.25, 0.3) is 0 Å². The van der Waals surface area contributed by atoms with Crippen molar-refractivity contribution in [3.05, 3.63) is 95.0 Å². The molecular weight excluding hydrogens is 499 g/mol. The van der Waals surface area contributed by atoms with Crippen LogP contribution in [0.3, 0.4) is 0 Å². The molecule has 0 aliphatic carbocycles. The Balaban J connectivity index is 1.64. The van der Waals surface area contributed by atoms with Gasteiger partial charge in [0.1, 0.15) is 5.82 Å². The molecule has 9 heteroatoms. The van der Waals surface area contributed by atoms with Crippen molar-refractivity contribution in [2.24, 2.45) is 0 Å². The van der Waals surface area contributed by atoms with E-state index >= 15 is 0 Å². The van der Waals surface area contributed by atoms with E-state index in [1.165, 1.54) is 23.1 Å². The molecule has 1 fully saturated rings. The van der Waals surface area contributed by atoms with Gasteiger partial charge >= 0.3 is 12.0 Å². The normalized spacial score (nSPS) is 18.4. The van der Waals surface area contributed by atoms with E-state index in [4.69, 9.17) is 4.74 Å². The number of esters is 1. The molecule has 2 aliphatic heterocycles. The van der Waals surface area contributed by atoms with Crippen molar-refractivity contribution < 1.29 is 23.5 Å². The Hall–Kier alpha value is -3.98. The molecule has 8 nitrogen and oxygen atoms in total. The van der Waals surface area contributed by atoms with Crippen LogP contribution in [-0.2, 0) is 9.53 Å². The Morgan fingerprint density at radius 3 is 2.64 bits per heavy atom. The molecule has 0 aromatic heterocycles. The highest BCUT2D eigenvalue weighted by molar-refractivity contribution is 5.95. The first-order chi connectivity index (χ1) is 18.8. The van der Waals surface area contributed by atoms with Gasteiger partial charge in [0, 0.05) is 50.5 Å². The molecule has 4 rings (SSSR count). The molecule has 39 heavy (non-hydrogen) atoms. The molecule has 2 heterocycles. The number of halogens is 1. The molecule has 1 N–H and O–H groups in total. The Labute approximate surface area is 228 Å². The Morgan fingerprint density at radius 2 is 1.92 bits per heavy atom. The van der Waals surface area contributed by atoms with Crippen molar-refractivity contribution >= 4 is 17.9 Å². The molecule has 0 bridgehead atoms. The van der Waals surface area contributed by atoms with Crippen molar-refractivity contribution in [2.75, 3.05) is 45.9 Å². The fraction of sp³-hybridized carbons (Fsp3) is 0.367. The predicted molar refractivity (Wildman–Crippen MR) is 146 cm³/mol. The summed E-state index contributed by atoms with van der Waals surface area (Å²) in [6.07, 6.45) is 2.31. The quantitative estimate of drug-likeness (QED) is 0.408. The van der Waals surface area contributed by atoms with E-state index in [-0.39, 0.29) is 25.1 Å². The van der Waals surface area contributed by atoms with Crippen LogP contribution in [0.15, 0.2) is 72.5 Å². The minimum atomic E-state index is -0.662. The van der Waals surface area contributed by atoms with E-state index in [1.54, 1.807) is 24.0 Å². The van der Waals surface area contributed by atoms with Crippen molar-refractivity contribution in [2.45, 2.75) is 26.3 Å². The maximum absolute atomic E-state index is 13.7. The van der Waals surface area contributed by atoms with E-state index in [1.807, 2.05) is 31.2 Å². The summed E-state index contributed by atoms with van der Waals surface area (Å²) >= 11 is 0. The lowest BCUT2D eigenvalue weighted by Gasteiger charge is -2.38. The van der Waals surface area contributed by atoms with Crippen LogP contribution in [0.4, 0.5) is 9.18 Å². The van der Waals surface area contributed by atoms with Crippen molar-refractivity contribution in [1.29, 1.82) is 0 Å². The van der Waals surface area contributed by atoms with Crippen LogP contribution in [0.5, 0.6) is 0 Å². The Morgan fingerprint density at radius 1 is 1.13 bits per heavy atom. The second-order valence-electron chi connectivity index (χ2n) is 9.71. The van der Waals surface area contributed by atoms with Crippen LogP contribution in [0, 0.1) is 12.7 Å². The average Bonchev–Trinajstić information content (AvgIpc) is 3.15. The standard InChI is InChI=1S/C30H35FN4O4/c1-4-13-35-25(20-33-14-8-15-34(17-16-33)28(36)23-11-7-12-24(31)19-23)26(29(37)39-5-2)27(32-30(35)38)22-10-6-9-21(3)18-22/h4,6-7,9-12,18-19,27H,1,5,8,13-17,20H2,2-3H3,(H,32,38). The Kier molecular flexibility index (Phi) is 9.14. The van der Waals surface area contributed by atoms with E-state index in [0.717, 1.165) is 11.1 Å². The molecule has 1 atom stereocenters. The van der Waals surface area contributed by atoms with Gasteiger partial charge in [0.25, 0.3) is 5.91 Å². The van der Waals surface area contributed by atoms with E-state index in [0.29, 0.717) is 56.0 Å². The summed E-state index contributed by atoms with van der Waals surface area (Å²) in [5, 5.41) is 2.99. The highest BCUT2D eigenvalue weighted by Gasteiger charge is 2.38. The minimum Gasteiger partial charge on any atom is -0.463 e. The molecule has 3 amide bonds. The summed E-state index contributed by atoms with van der Waals surface area (Å²) in [5.41, 5.74) is 3.08. The molecule has 2 aromatic carbocycles. The lowest BCUT2D eigenvalue weighted by Crippen LogP contribution is -2.51. The van der Waals surface area contributed by atoms with Gasteiger partial charge in [-0.3, -0.25) is 14.6 Å². The van der Waals surface area contributed by atoms with Gasteiger partial charge in [-0.1, -0.05) is 42.0 Å². The van der Waals surface area contributed by atoms with Crippen LogP contribution in [0.2, 0.25) is 0 Å². The van der Waals surface area contributed by atoms with Gasteiger partial charge in [0.2, 0.25) is 0 Å². The molecular formula is C30H35FN4O4. The SMILES string of the molecule is C=CCN1C(=O)NC(c2cccc(C)c2)C(C(=O)OCC)=C1CN1CCCN(C(=O)c2cccc(F)c2)CC1. The number of carbonyl (C=O) groups is 3. The van der Waals surface area contributed by atoms with Gasteiger partial charge in [-0.2, -0.15) is 0 Å². The third kappa shape index (κ3) is 6.54. The Bertz CT molecular complexity index is 1280. The number of nitrogens with one attached hydrogen (secondary N) is 1. The number of urea groups is 1. The zero-order valence-corrected chi connectivity index (χ0v) is 22.5. The molecule has 1 saturated heterocycles. The number of carbonyl (C=O) groups excluding carboxylic acids is 3. The molecule has 0 saturated carbocycles. The lowest BCUT2D eigenvalue weighted by atomic mass is 9.93. The number of amides is 3. The highest BCUT2D eigenvalue weighted by atomic mass is 19.1. The zero-order chi connectivity index (χ0) is 27.9.